The van der Waals surface area contributed by atoms with E-state index in [2.05, 4.69) is 13.8 Å². The second-order valence-electron chi connectivity index (χ2n) is 6.17. The fourth-order valence-corrected chi connectivity index (χ4v) is 2.69. The van der Waals surface area contributed by atoms with Crippen LogP contribution in [0.3, 0.4) is 0 Å². The molecule has 0 saturated heterocycles. The van der Waals surface area contributed by atoms with Gasteiger partial charge in [-0.05, 0) is 48.6 Å². The van der Waals surface area contributed by atoms with Crippen LogP contribution in [0.2, 0.25) is 0 Å². The molecule has 2 aromatic rings. The molecule has 0 saturated carbocycles. The Morgan fingerprint density at radius 1 is 0.880 bits per heavy atom. The highest BCUT2D eigenvalue weighted by Gasteiger charge is 2.15. The normalized spacial score (nSPS) is 11.2. The van der Waals surface area contributed by atoms with E-state index < -0.39 is 11.6 Å². The monoisotopic (exact) mass is 344 g/mol. The zero-order chi connectivity index (χ0) is 18.1. The van der Waals surface area contributed by atoms with E-state index in [1.54, 1.807) is 6.07 Å². The molecular formula is C22H26F2O. The number of ether oxygens (including phenoxy) is 1. The van der Waals surface area contributed by atoms with E-state index in [9.17, 15) is 8.78 Å². The average molecular weight is 344 g/mol. The molecule has 0 N–H and O–H groups in total. The quantitative estimate of drug-likeness (QED) is 0.349. The first kappa shape index (κ1) is 19.2. The van der Waals surface area contributed by atoms with E-state index in [1.165, 1.54) is 17.9 Å². The van der Waals surface area contributed by atoms with Gasteiger partial charge in [-0.1, -0.05) is 57.4 Å². The lowest BCUT2D eigenvalue weighted by molar-refractivity contribution is 0.414. The summed E-state index contributed by atoms with van der Waals surface area (Å²) in [7, 11) is 0. The summed E-state index contributed by atoms with van der Waals surface area (Å²) < 4.78 is 33.9. The van der Waals surface area contributed by atoms with Gasteiger partial charge >= 0.3 is 0 Å². The highest BCUT2D eigenvalue weighted by molar-refractivity contribution is 5.65. The molecule has 0 aliphatic heterocycles. The largest absolute Gasteiger partial charge is 0.462 e. The molecule has 25 heavy (non-hydrogen) atoms. The van der Waals surface area contributed by atoms with Gasteiger partial charge in [0, 0.05) is 5.56 Å². The van der Waals surface area contributed by atoms with Crippen molar-refractivity contribution in [3.05, 3.63) is 65.9 Å². The Morgan fingerprint density at radius 2 is 1.64 bits per heavy atom. The molecule has 1 nitrogen and oxygen atoms in total. The Balaban J connectivity index is 2.08. The molecule has 2 aromatic carbocycles. The molecular weight excluding hydrogens is 318 g/mol. The minimum atomic E-state index is -0.951. The molecule has 2 rings (SSSR count). The third-order valence-corrected chi connectivity index (χ3v) is 4.12. The first-order chi connectivity index (χ1) is 12.2. The molecule has 0 unspecified atom stereocenters. The van der Waals surface area contributed by atoms with E-state index in [4.69, 9.17) is 4.74 Å². The van der Waals surface area contributed by atoms with Crippen LogP contribution in [-0.4, -0.2) is 0 Å². The van der Waals surface area contributed by atoms with Gasteiger partial charge in [0.15, 0.2) is 11.6 Å². The predicted molar refractivity (Wildman–Crippen MR) is 99.7 cm³/mol. The van der Waals surface area contributed by atoms with Crippen molar-refractivity contribution in [2.75, 3.05) is 0 Å². The fraction of sp³-hybridized carbons (Fsp3) is 0.364. The molecule has 3 heteroatoms. The molecule has 0 aliphatic rings. The van der Waals surface area contributed by atoms with Gasteiger partial charge < -0.3 is 4.74 Å². The topological polar surface area (TPSA) is 9.23 Å². The van der Waals surface area contributed by atoms with Gasteiger partial charge in [0.25, 0.3) is 0 Å². The van der Waals surface area contributed by atoms with Crippen LogP contribution in [-0.2, 0) is 6.42 Å². The molecule has 0 spiro atoms. The van der Waals surface area contributed by atoms with Crippen LogP contribution in [0.15, 0.2) is 48.7 Å². The van der Waals surface area contributed by atoms with Gasteiger partial charge in [-0.3, -0.25) is 0 Å². The maximum Gasteiger partial charge on any atom is 0.201 e. The Kier molecular flexibility index (Phi) is 7.65. The first-order valence-electron chi connectivity index (χ1n) is 9.06. The second kappa shape index (κ2) is 9.97. The highest BCUT2D eigenvalue weighted by atomic mass is 19.2. The van der Waals surface area contributed by atoms with Crippen LogP contribution >= 0.6 is 0 Å². The summed E-state index contributed by atoms with van der Waals surface area (Å²) in [5.74, 6) is -1.91. The highest BCUT2D eigenvalue weighted by Crippen LogP contribution is 2.30. The minimum Gasteiger partial charge on any atom is -0.462 e. The molecule has 134 valence electrons. The molecule has 0 aliphatic carbocycles. The lowest BCUT2D eigenvalue weighted by Gasteiger charge is -2.09. The number of allylic oxidation sites excluding steroid dienone is 1. The van der Waals surface area contributed by atoms with E-state index in [0.717, 1.165) is 38.5 Å². The lowest BCUT2D eigenvalue weighted by Crippen LogP contribution is -1.95. The third kappa shape index (κ3) is 5.42. The summed E-state index contributed by atoms with van der Waals surface area (Å²) in [5.41, 5.74) is 2.11. The van der Waals surface area contributed by atoms with Crippen LogP contribution in [0, 0.1) is 11.6 Å². The number of aryl methyl sites for hydroxylation is 1. The zero-order valence-electron chi connectivity index (χ0n) is 15.0. The number of hydrogen-bond acceptors (Lipinski definition) is 1. The van der Waals surface area contributed by atoms with E-state index in [-0.39, 0.29) is 11.3 Å². The SMILES string of the molecule is CCCCCC=COc1ccc(-c2ccc(CCC)cc2)c(F)c1F. The van der Waals surface area contributed by atoms with Crippen LogP contribution in [0.5, 0.6) is 5.75 Å². The van der Waals surface area contributed by atoms with Gasteiger partial charge in [0.05, 0.1) is 6.26 Å². The Bertz CT molecular complexity index is 690. The minimum absolute atomic E-state index is 0.0874. The van der Waals surface area contributed by atoms with Crippen LogP contribution in [0.1, 0.15) is 51.5 Å². The molecule has 0 fully saturated rings. The van der Waals surface area contributed by atoms with E-state index >= 15 is 0 Å². The Hall–Kier alpha value is -2.16. The van der Waals surface area contributed by atoms with Crippen molar-refractivity contribution in [2.24, 2.45) is 0 Å². The van der Waals surface area contributed by atoms with Crippen molar-refractivity contribution in [1.82, 2.24) is 0 Å². The number of benzene rings is 2. The molecule has 0 heterocycles. The van der Waals surface area contributed by atoms with Gasteiger partial charge in [-0.2, -0.15) is 4.39 Å². The smallest absolute Gasteiger partial charge is 0.201 e. The van der Waals surface area contributed by atoms with Crippen LogP contribution < -0.4 is 4.74 Å². The van der Waals surface area contributed by atoms with Gasteiger partial charge in [0.2, 0.25) is 5.82 Å². The number of unbranched alkanes of at least 4 members (excludes halogenated alkanes) is 3. The molecule has 0 amide bonds. The predicted octanol–water partition coefficient (Wildman–Crippen LogP) is 7.06. The van der Waals surface area contributed by atoms with Crippen molar-refractivity contribution in [3.8, 4) is 16.9 Å². The van der Waals surface area contributed by atoms with E-state index in [1.807, 2.05) is 30.3 Å². The lowest BCUT2D eigenvalue weighted by atomic mass is 10.0. The fourth-order valence-electron chi connectivity index (χ4n) is 2.69. The summed E-state index contributed by atoms with van der Waals surface area (Å²) in [6, 6.07) is 10.6. The standard InChI is InChI=1S/C22H26F2O/c1-3-5-6-7-8-16-25-20-15-14-19(21(23)22(20)24)18-12-10-17(9-4-2)11-13-18/h8,10-16H,3-7,9H2,1-2H3. The molecule has 0 bridgehead atoms. The van der Waals surface area contributed by atoms with E-state index in [0.29, 0.717) is 5.56 Å². The number of hydrogen-bond donors (Lipinski definition) is 0. The number of halogens is 2. The molecule has 0 radical (unpaired) electrons. The third-order valence-electron chi connectivity index (χ3n) is 4.12. The second-order valence-corrected chi connectivity index (χ2v) is 6.17. The Morgan fingerprint density at radius 3 is 2.32 bits per heavy atom. The number of rotatable bonds is 9. The summed E-state index contributed by atoms with van der Waals surface area (Å²) in [5, 5.41) is 0. The summed E-state index contributed by atoms with van der Waals surface area (Å²) in [4.78, 5) is 0. The maximum absolute atomic E-state index is 14.4. The summed E-state index contributed by atoms with van der Waals surface area (Å²) in [6.07, 6.45) is 9.56. The summed E-state index contributed by atoms with van der Waals surface area (Å²) in [6.45, 7) is 4.25. The van der Waals surface area contributed by atoms with Crippen molar-refractivity contribution in [1.29, 1.82) is 0 Å². The molecule has 0 aromatic heterocycles. The average Bonchev–Trinajstić information content (AvgIpc) is 2.63. The maximum atomic E-state index is 14.4. The van der Waals surface area contributed by atoms with Crippen molar-refractivity contribution >= 4 is 0 Å². The van der Waals surface area contributed by atoms with Crippen molar-refractivity contribution < 1.29 is 13.5 Å². The summed E-state index contributed by atoms with van der Waals surface area (Å²) >= 11 is 0. The van der Waals surface area contributed by atoms with Gasteiger partial charge in [-0.15, -0.1) is 0 Å². The van der Waals surface area contributed by atoms with Gasteiger partial charge in [0.1, 0.15) is 0 Å². The van der Waals surface area contributed by atoms with Crippen LogP contribution in [0.4, 0.5) is 8.78 Å². The van der Waals surface area contributed by atoms with Crippen LogP contribution in [0.25, 0.3) is 11.1 Å². The van der Waals surface area contributed by atoms with Gasteiger partial charge in [-0.25, -0.2) is 4.39 Å². The Labute approximate surface area is 149 Å². The van der Waals surface area contributed by atoms with Crippen molar-refractivity contribution in [3.63, 3.8) is 0 Å². The molecule has 0 atom stereocenters. The zero-order valence-corrected chi connectivity index (χ0v) is 15.0. The first-order valence-corrected chi connectivity index (χ1v) is 9.06. The van der Waals surface area contributed by atoms with Crippen molar-refractivity contribution in [2.45, 2.75) is 52.4 Å².